The Labute approximate surface area is 82.1 Å². The maximum atomic E-state index is 10.5. The van der Waals surface area contributed by atoms with E-state index < -0.39 is 0 Å². The minimum atomic E-state index is 0.323. The average molecular weight is 192 g/mol. The van der Waals surface area contributed by atoms with Crippen molar-refractivity contribution in [1.82, 2.24) is 4.98 Å². The highest BCUT2D eigenvalue weighted by Crippen LogP contribution is 2.28. The van der Waals surface area contributed by atoms with E-state index >= 15 is 0 Å². The van der Waals surface area contributed by atoms with Crippen LogP contribution in [0.3, 0.4) is 0 Å². The lowest BCUT2D eigenvalue weighted by molar-refractivity contribution is 0.111. The highest BCUT2D eigenvalue weighted by atomic mass is 16.5. The molecule has 1 heterocycles. The second-order valence-corrected chi connectivity index (χ2v) is 3.36. The van der Waals surface area contributed by atoms with Crippen LogP contribution in [0.4, 0.5) is 0 Å². The first-order chi connectivity index (χ1) is 6.83. The molecule has 74 valence electrons. The van der Waals surface area contributed by atoms with E-state index in [-0.39, 0.29) is 0 Å². The molecular formula is C10H12N2O2. The largest absolute Gasteiger partial charge is 0.488 e. The Kier molecular flexibility index (Phi) is 2.45. The number of nitrogens with zero attached hydrogens (tertiary/aromatic N) is 1. The van der Waals surface area contributed by atoms with Gasteiger partial charge < -0.3 is 10.5 Å². The van der Waals surface area contributed by atoms with E-state index in [4.69, 9.17) is 10.5 Å². The lowest BCUT2D eigenvalue weighted by Crippen LogP contribution is -2.05. The van der Waals surface area contributed by atoms with E-state index in [1.807, 2.05) is 0 Å². The van der Waals surface area contributed by atoms with Gasteiger partial charge in [0.15, 0.2) is 6.29 Å². The summed E-state index contributed by atoms with van der Waals surface area (Å²) in [7, 11) is 0. The topological polar surface area (TPSA) is 65.2 Å². The summed E-state index contributed by atoms with van der Waals surface area (Å²) in [6.45, 7) is 0.366. The van der Waals surface area contributed by atoms with Crippen molar-refractivity contribution in [1.29, 1.82) is 0 Å². The number of rotatable bonds is 4. The fraction of sp³-hybridized carbons (Fsp3) is 0.400. The van der Waals surface area contributed by atoms with Gasteiger partial charge in [0.25, 0.3) is 0 Å². The highest BCUT2D eigenvalue weighted by Gasteiger charge is 2.24. The van der Waals surface area contributed by atoms with Crippen LogP contribution in [0.5, 0.6) is 5.75 Å². The fourth-order valence-electron chi connectivity index (χ4n) is 1.20. The van der Waals surface area contributed by atoms with E-state index in [2.05, 4.69) is 4.98 Å². The Morgan fingerprint density at radius 3 is 3.00 bits per heavy atom. The summed E-state index contributed by atoms with van der Waals surface area (Å²) in [6.07, 6.45) is 4.80. The molecule has 14 heavy (non-hydrogen) atoms. The predicted octanol–water partition coefficient (Wildman–Crippen LogP) is 0.894. The third-order valence-electron chi connectivity index (χ3n) is 2.13. The molecule has 2 rings (SSSR count). The number of carbonyl (C=O) groups excluding carboxylic acids is 1. The lowest BCUT2D eigenvalue weighted by atomic mass is 10.2. The number of aromatic nitrogens is 1. The van der Waals surface area contributed by atoms with Crippen molar-refractivity contribution >= 4 is 6.29 Å². The molecule has 0 radical (unpaired) electrons. The summed E-state index contributed by atoms with van der Waals surface area (Å²) in [5.41, 5.74) is 6.79. The van der Waals surface area contributed by atoms with Crippen LogP contribution in [0.2, 0.25) is 0 Å². The zero-order valence-corrected chi connectivity index (χ0v) is 7.77. The third kappa shape index (κ3) is 1.90. The molecule has 1 saturated carbocycles. The number of hydrogen-bond donors (Lipinski definition) is 1. The second kappa shape index (κ2) is 3.75. The van der Waals surface area contributed by atoms with Gasteiger partial charge in [-0.15, -0.1) is 0 Å². The Morgan fingerprint density at radius 1 is 1.64 bits per heavy atom. The number of carbonyl (C=O) groups is 1. The summed E-state index contributed by atoms with van der Waals surface area (Å²) < 4.78 is 5.59. The first kappa shape index (κ1) is 9.15. The SMILES string of the molecule is NCc1cc(C=O)ncc1OC1CC1. The molecule has 0 atom stereocenters. The Balaban J connectivity index is 2.23. The Hall–Kier alpha value is -1.42. The maximum Gasteiger partial charge on any atom is 0.168 e. The number of pyridine rings is 1. The normalized spacial score (nSPS) is 15.2. The standard InChI is InChI=1S/C10H12N2O2/c11-4-7-3-8(6-13)12-5-10(7)14-9-1-2-9/h3,5-6,9H,1-2,4,11H2. The van der Waals surface area contributed by atoms with Crippen LogP contribution in [-0.4, -0.2) is 17.4 Å². The van der Waals surface area contributed by atoms with E-state index in [9.17, 15) is 4.79 Å². The van der Waals surface area contributed by atoms with Crippen molar-refractivity contribution in [2.75, 3.05) is 0 Å². The van der Waals surface area contributed by atoms with E-state index in [0.717, 1.165) is 18.4 Å². The van der Waals surface area contributed by atoms with Gasteiger partial charge >= 0.3 is 0 Å². The van der Waals surface area contributed by atoms with Gasteiger partial charge in [-0.2, -0.15) is 0 Å². The lowest BCUT2D eigenvalue weighted by Gasteiger charge is -2.08. The molecule has 0 aliphatic heterocycles. The van der Waals surface area contributed by atoms with E-state index in [0.29, 0.717) is 30.4 Å². The monoisotopic (exact) mass is 192 g/mol. The molecule has 0 bridgehead atoms. The van der Waals surface area contributed by atoms with Gasteiger partial charge in [-0.05, 0) is 18.9 Å². The van der Waals surface area contributed by atoms with Crippen molar-refractivity contribution in [2.45, 2.75) is 25.5 Å². The Morgan fingerprint density at radius 2 is 2.43 bits per heavy atom. The van der Waals surface area contributed by atoms with Gasteiger partial charge in [-0.25, -0.2) is 4.98 Å². The average Bonchev–Trinajstić information content (AvgIpc) is 3.02. The summed E-state index contributed by atoms with van der Waals surface area (Å²) in [5.74, 6) is 0.709. The maximum absolute atomic E-state index is 10.5. The van der Waals surface area contributed by atoms with Crippen LogP contribution in [0.1, 0.15) is 28.9 Å². The van der Waals surface area contributed by atoms with Crippen LogP contribution < -0.4 is 10.5 Å². The van der Waals surface area contributed by atoms with Crippen LogP contribution in [-0.2, 0) is 6.54 Å². The van der Waals surface area contributed by atoms with Crippen molar-refractivity contribution in [3.05, 3.63) is 23.5 Å². The number of nitrogens with two attached hydrogens (primary N) is 1. The second-order valence-electron chi connectivity index (χ2n) is 3.36. The zero-order chi connectivity index (χ0) is 9.97. The van der Waals surface area contributed by atoms with Crippen molar-refractivity contribution < 1.29 is 9.53 Å². The number of hydrogen-bond acceptors (Lipinski definition) is 4. The Bertz CT molecular complexity index is 348. The smallest absolute Gasteiger partial charge is 0.168 e. The van der Waals surface area contributed by atoms with Crippen LogP contribution in [0.15, 0.2) is 12.3 Å². The van der Waals surface area contributed by atoms with Gasteiger partial charge in [0.1, 0.15) is 11.4 Å². The molecule has 4 nitrogen and oxygen atoms in total. The third-order valence-corrected chi connectivity index (χ3v) is 2.13. The first-order valence-electron chi connectivity index (χ1n) is 4.64. The quantitative estimate of drug-likeness (QED) is 0.719. The minimum Gasteiger partial charge on any atom is -0.488 e. The van der Waals surface area contributed by atoms with Crippen LogP contribution in [0.25, 0.3) is 0 Å². The van der Waals surface area contributed by atoms with Crippen LogP contribution >= 0.6 is 0 Å². The molecule has 0 saturated heterocycles. The minimum absolute atomic E-state index is 0.323. The molecule has 1 aromatic rings. The summed E-state index contributed by atoms with van der Waals surface area (Å²) >= 11 is 0. The number of ether oxygens (including phenoxy) is 1. The molecule has 0 unspecified atom stereocenters. The zero-order valence-electron chi connectivity index (χ0n) is 7.77. The summed E-state index contributed by atoms with van der Waals surface area (Å²) in [6, 6.07) is 1.67. The van der Waals surface area contributed by atoms with Crippen molar-refractivity contribution in [2.24, 2.45) is 5.73 Å². The van der Waals surface area contributed by atoms with E-state index in [1.54, 1.807) is 12.3 Å². The van der Waals surface area contributed by atoms with Crippen LogP contribution in [0, 0.1) is 0 Å². The van der Waals surface area contributed by atoms with E-state index in [1.165, 1.54) is 0 Å². The molecule has 0 aromatic carbocycles. The van der Waals surface area contributed by atoms with Gasteiger partial charge in [0.2, 0.25) is 0 Å². The predicted molar refractivity (Wildman–Crippen MR) is 51.2 cm³/mol. The molecule has 0 spiro atoms. The van der Waals surface area contributed by atoms with Gasteiger partial charge in [0, 0.05) is 12.1 Å². The number of aldehydes is 1. The van der Waals surface area contributed by atoms with Gasteiger partial charge in [-0.1, -0.05) is 0 Å². The van der Waals surface area contributed by atoms with Crippen molar-refractivity contribution in [3.63, 3.8) is 0 Å². The summed E-state index contributed by atoms with van der Waals surface area (Å²) in [4.78, 5) is 14.4. The molecular weight excluding hydrogens is 180 g/mol. The van der Waals surface area contributed by atoms with Gasteiger partial charge in [0.05, 0.1) is 12.3 Å². The molecule has 4 heteroatoms. The summed E-state index contributed by atoms with van der Waals surface area (Å²) in [5, 5.41) is 0. The molecule has 1 aromatic heterocycles. The first-order valence-corrected chi connectivity index (χ1v) is 4.64. The molecule has 1 fully saturated rings. The fourth-order valence-corrected chi connectivity index (χ4v) is 1.20. The molecule has 2 N–H and O–H groups in total. The van der Waals surface area contributed by atoms with Gasteiger partial charge in [-0.3, -0.25) is 4.79 Å². The molecule has 0 amide bonds. The molecule has 1 aliphatic carbocycles. The molecule has 1 aliphatic rings. The highest BCUT2D eigenvalue weighted by molar-refractivity contribution is 5.72. The van der Waals surface area contributed by atoms with Crippen molar-refractivity contribution in [3.8, 4) is 5.75 Å².